The molecule has 0 aliphatic carbocycles. The Labute approximate surface area is 83.8 Å². The van der Waals surface area contributed by atoms with Crippen LogP contribution in [-0.4, -0.2) is 54.7 Å². The van der Waals surface area contributed by atoms with Gasteiger partial charge in [0.2, 0.25) is 0 Å². The first kappa shape index (κ1) is 8.53. The highest BCUT2D eigenvalue weighted by Gasteiger charge is 2.50. The minimum atomic E-state index is -0.156. The second-order valence-electron chi connectivity index (χ2n) is 4.62. The number of likely N-dealkylation sites (tertiary alicyclic amines) is 1. The highest BCUT2D eigenvalue weighted by molar-refractivity contribution is 5.68. The fourth-order valence-corrected chi connectivity index (χ4v) is 3.24. The molecule has 78 valence electrons. The van der Waals surface area contributed by atoms with Crippen molar-refractivity contribution < 1.29 is 9.53 Å². The number of ether oxygens (including phenoxy) is 1. The normalized spacial score (nSPS) is 40.4. The topological polar surface area (TPSA) is 32.8 Å². The molecule has 3 atom stereocenters. The van der Waals surface area contributed by atoms with Crippen LogP contribution in [0.15, 0.2) is 0 Å². The van der Waals surface area contributed by atoms with Crippen LogP contribution in [0.5, 0.6) is 0 Å². The number of hydrogen-bond donors (Lipinski definition) is 0. The van der Waals surface area contributed by atoms with E-state index < -0.39 is 0 Å². The lowest BCUT2D eigenvalue weighted by atomic mass is 10.0. The van der Waals surface area contributed by atoms with Crippen molar-refractivity contribution in [2.45, 2.75) is 24.9 Å². The molecule has 3 heterocycles. The lowest BCUT2D eigenvalue weighted by Gasteiger charge is -2.39. The van der Waals surface area contributed by atoms with Gasteiger partial charge in [0, 0.05) is 31.7 Å². The molecule has 0 aromatic heterocycles. The first-order chi connectivity index (χ1) is 6.79. The van der Waals surface area contributed by atoms with Crippen LogP contribution in [0.25, 0.3) is 0 Å². The molecule has 0 aromatic carbocycles. The molecule has 0 saturated carbocycles. The number of fused-ring (bicyclic) bond motifs is 3. The fourth-order valence-electron chi connectivity index (χ4n) is 3.24. The van der Waals surface area contributed by atoms with Crippen molar-refractivity contribution in [2.24, 2.45) is 5.92 Å². The minimum Gasteiger partial charge on any atom is -0.453 e. The third-order valence-electron chi connectivity index (χ3n) is 4.03. The molecule has 0 bridgehead atoms. The van der Waals surface area contributed by atoms with E-state index in [0.29, 0.717) is 12.0 Å². The van der Waals surface area contributed by atoms with Gasteiger partial charge in [-0.1, -0.05) is 0 Å². The van der Waals surface area contributed by atoms with Gasteiger partial charge in [-0.05, 0) is 18.8 Å². The summed E-state index contributed by atoms with van der Waals surface area (Å²) < 4.78 is 4.75. The molecule has 14 heavy (non-hydrogen) atoms. The summed E-state index contributed by atoms with van der Waals surface area (Å²) in [6.07, 6.45) is 2.50. The Bertz CT molecular complexity index is 269. The maximum Gasteiger partial charge on any atom is 0.409 e. The molecular formula is C10H16N2O2. The molecule has 0 N–H and O–H groups in total. The van der Waals surface area contributed by atoms with Crippen LogP contribution in [0.1, 0.15) is 12.8 Å². The summed E-state index contributed by atoms with van der Waals surface area (Å²) in [5, 5.41) is 0. The number of rotatable bonds is 0. The average molecular weight is 196 g/mol. The van der Waals surface area contributed by atoms with Crippen molar-refractivity contribution in [1.29, 1.82) is 0 Å². The Kier molecular flexibility index (Phi) is 1.74. The van der Waals surface area contributed by atoms with Gasteiger partial charge >= 0.3 is 6.09 Å². The molecule has 3 saturated heterocycles. The van der Waals surface area contributed by atoms with E-state index in [-0.39, 0.29) is 6.09 Å². The zero-order chi connectivity index (χ0) is 9.71. The summed E-state index contributed by atoms with van der Waals surface area (Å²) >= 11 is 0. The molecule has 0 aromatic rings. The fraction of sp³-hybridized carbons (Fsp3) is 0.900. The summed E-state index contributed by atoms with van der Waals surface area (Å²) in [4.78, 5) is 15.8. The number of methoxy groups -OCH3 is 1. The van der Waals surface area contributed by atoms with Crippen LogP contribution in [0.2, 0.25) is 0 Å². The minimum absolute atomic E-state index is 0.156. The predicted molar refractivity (Wildman–Crippen MR) is 51.0 cm³/mol. The van der Waals surface area contributed by atoms with Crippen LogP contribution in [-0.2, 0) is 4.74 Å². The second-order valence-corrected chi connectivity index (χ2v) is 4.62. The number of carbonyl (C=O) groups is 1. The largest absolute Gasteiger partial charge is 0.453 e. The lowest BCUT2D eigenvalue weighted by molar-refractivity contribution is 0.0812. The smallest absolute Gasteiger partial charge is 0.409 e. The first-order valence-corrected chi connectivity index (χ1v) is 5.38. The Morgan fingerprint density at radius 1 is 1.43 bits per heavy atom. The quantitative estimate of drug-likeness (QED) is 0.566. The van der Waals surface area contributed by atoms with Gasteiger partial charge in [0.15, 0.2) is 0 Å². The van der Waals surface area contributed by atoms with E-state index in [1.807, 2.05) is 4.90 Å². The monoisotopic (exact) mass is 196 g/mol. The SMILES string of the molecule is COC(=O)N1C[C@@H]2C[C@H]3CCN3[C@H]2C1. The van der Waals surface area contributed by atoms with Crippen LogP contribution < -0.4 is 0 Å². The summed E-state index contributed by atoms with van der Waals surface area (Å²) in [5.74, 6) is 0.710. The van der Waals surface area contributed by atoms with E-state index in [1.54, 1.807) is 0 Å². The van der Waals surface area contributed by atoms with Gasteiger partial charge < -0.3 is 9.64 Å². The third-order valence-corrected chi connectivity index (χ3v) is 4.03. The first-order valence-electron chi connectivity index (χ1n) is 5.38. The van der Waals surface area contributed by atoms with E-state index in [1.165, 1.54) is 26.5 Å². The number of amides is 1. The molecule has 0 spiro atoms. The van der Waals surface area contributed by atoms with E-state index in [9.17, 15) is 4.79 Å². The van der Waals surface area contributed by atoms with Gasteiger partial charge in [-0.15, -0.1) is 0 Å². The van der Waals surface area contributed by atoms with Gasteiger partial charge in [0.05, 0.1) is 7.11 Å². The Balaban J connectivity index is 1.69. The summed E-state index contributed by atoms with van der Waals surface area (Å²) in [5.41, 5.74) is 0. The van der Waals surface area contributed by atoms with Crippen molar-refractivity contribution >= 4 is 6.09 Å². The lowest BCUT2D eigenvalue weighted by Crippen LogP contribution is -2.49. The average Bonchev–Trinajstić information content (AvgIpc) is 2.63. The maximum atomic E-state index is 11.3. The maximum absolute atomic E-state index is 11.3. The molecule has 3 rings (SSSR count). The predicted octanol–water partition coefficient (Wildman–Crippen LogP) is 0.531. The van der Waals surface area contributed by atoms with E-state index in [0.717, 1.165) is 19.1 Å². The summed E-state index contributed by atoms with van der Waals surface area (Å²) in [6.45, 7) is 3.03. The van der Waals surface area contributed by atoms with Gasteiger partial charge in [-0.25, -0.2) is 4.79 Å². The van der Waals surface area contributed by atoms with Gasteiger partial charge in [-0.3, -0.25) is 4.90 Å². The van der Waals surface area contributed by atoms with Crippen molar-refractivity contribution in [3.05, 3.63) is 0 Å². The Morgan fingerprint density at radius 2 is 2.29 bits per heavy atom. The molecule has 0 unspecified atom stereocenters. The van der Waals surface area contributed by atoms with Gasteiger partial charge in [0.1, 0.15) is 0 Å². The van der Waals surface area contributed by atoms with Crippen molar-refractivity contribution in [1.82, 2.24) is 9.80 Å². The van der Waals surface area contributed by atoms with Crippen molar-refractivity contribution in [3.63, 3.8) is 0 Å². The molecule has 1 amide bonds. The highest BCUT2D eigenvalue weighted by Crippen LogP contribution is 2.41. The second kappa shape index (κ2) is 2.86. The van der Waals surface area contributed by atoms with Crippen LogP contribution in [0.4, 0.5) is 4.79 Å². The molecule has 4 nitrogen and oxygen atoms in total. The Hall–Kier alpha value is -0.770. The van der Waals surface area contributed by atoms with Gasteiger partial charge in [-0.2, -0.15) is 0 Å². The summed E-state index contributed by atoms with van der Waals surface area (Å²) in [7, 11) is 1.46. The van der Waals surface area contributed by atoms with E-state index in [4.69, 9.17) is 4.74 Å². The molecule has 3 aliphatic rings. The van der Waals surface area contributed by atoms with E-state index in [2.05, 4.69) is 4.90 Å². The standard InChI is InChI=1S/C10H16N2O2/c1-14-10(13)11-5-7-4-8-2-3-12(8)9(7)6-11/h7-9H,2-6H2,1H3/t7-,8+,9-/m0/s1. The number of carbonyl (C=O) groups excluding carboxylic acids is 1. The van der Waals surface area contributed by atoms with Crippen LogP contribution in [0, 0.1) is 5.92 Å². The van der Waals surface area contributed by atoms with Crippen molar-refractivity contribution in [3.8, 4) is 0 Å². The van der Waals surface area contributed by atoms with Gasteiger partial charge in [0.25, 0.3) is 0 Å². The number of nitrogens with zero attached hydrogens (tertiary/aromatic N) is 2. The third kappa shape index (κ3) is 1.00. The van der Waals surface area contributed by atoms with Crippen molar-refractivity contribution in [2.75, 3.05) is 26.7 Å². The molecule has 4 heteroatoms. The molecule has 0 radical (unpaired) electrons. The zero-order valence-corrected chi connectivity index (χ0v) is 8.48. The Morgan fingerprint density at radius 3 is 2.93 bits per heavy atom. The molecular weight excluding hydrogens is 180 g/mol. The molecule has 3 fully saturated rings. The summed E-state index contributed by atoms with van der Waals surface area (Å²) in [6, 6.07) is 1.47. The highest BCUT2D eigenvalue weighted by atomic mass is 16.5. The number of hydrogen-bond acceptors (Lipinski definition) is 3. The zero-order valence-electron chi connectivity index (χ0n) is 8.48. The van der Waals surface area contributed by atoms with Crippen LogP contribution >= 0.6 is 0 Å². The van der Waals surface area contributed by atoms with E-state index >= 15 is 0 Å². The van der Waals surface area contributed by atoms with Crippen LogP contribution in [0.3, 0.4) is 0 Å². The molecule has 3 aliphatic heterocycles.